The van der Waals surface area contributed by atoms with Crippen molar-refractivity contribution in [2.75, 3.05) is 30.3 Å². The minimum atomic E-state index is -0.994. The number of anilines is 2. The number of aliphatic hydroxyl groups excluding tert-OH is 3. The first-order valence-corrected chi connectivity index (χ1v) is 5.90. The van der Waals surface area contributed by atoms with Crippen LogP contribution in [-0.4, -0.2) is 47.2 Å². The third-order valence-corrected chi connectivity index (χ3v) is 3.30. The van der Waals surface area contributed by atoms with Gasteiger partial charge in [-0.25, -0.2) is 0 Å². The summed E-state index contributed by atoms with van der Waals surface area (Å²) in [6.07, 6.45) is -1.54. The van der Waals surface area contributed by atoms with E-state index in [4.69, 9.17) is 16.6 Å². The number of aliphatic hydroxyl groups is 3. The fourth-order valence-corrected chi connectivity index (χ4v) is 2.17. The lowest BCUT2D eigenvalue weighted by Gasteiger charge is -2.20. The van der Waals surface area contributed by atoms with Gasteiger partial charge in [0.25, 0.3) is 0 Å². The average molecular weight is 253 g/mol. The summed E-state index contributed by atoms with van der Waals surface area (Å²) < 4.78 is 0. The summed E-state index contributed by atoms with van der Waals surface area (Å²) in [7, 11) is 0. The first-order valence-electron chi connectivity index (χ1n) is 5.90. The SMILES string of the molecule is Nc1ccc(N2CC(N)C(O)C2)cc1C(O)CO. The minimum absolute atomic E-state index is 0.270. The van der Waals surface area contributed by atoms with Crippen LogP contribution in [0.3, 0.4) is 0 Å². The number of nitrogens with zero attached hydrogens (tertiary/aromatic N) is 1. The van der Waals surface area contributed by atoms with Gasteiger partial charge in [-0.15, -0.1) is 0 Å². The molecule has 1 aromatic carbocycles. The van der Waals surface area contributed by atoms with Crippen molar-refractivity contribution in [1.29, 1.82) is 0 Å². The molecule has 1 aliphatic heterocycles. The van der Waals surface area contributed by atoms with Crippen LogP contribution < -0.4 is 16.4 Å². The van der Waals surface area contributed by atoms with Crippen molar-refractivity contribution >= 4 is 11.4 Å². The van der Waals surface area contributed by atoms with E-state index in [1.165, 1.54) is 0 Å². The third kappa shape index (κ3) is 2.41. The van der Waals surface area contributed by atoms with E-state index in [-0.39, 0.29) is 12.6 Å². The lowest BCUT2D eigenvalue weighted by molar-refractivity contribution is 0.0962. The summed E-state index contributed by atoms with van der Waals surface area (Å²) in [5.74, 6) is 0. The van der Waals surface area contributed by atoms with Gasteiger partial charge in [-0.2, -0.15) is 0 Å². The average Bonchev–Trinajstić information content (AvgIpc) is 2.69. The van der Waals surface area contributed by atoms with Crippen molar-refractivity contribution < 1.29 is 15.3 Å². The molecule has 1 aliphatic rings. The molecule has 0 amide bonds. The molecule has 2 rings (SSSR count). The van der Waals surface area contributed by atoms with Gasteiger partial charge >= 0.3 is 0 Å². The Hall–Kier alpha value is -1.34. The highest BCUT2D eigenvalue weighted by Gasteiger charge is 2.28. The van der Waals surface area contributed by atoms with Gasteiger partial charge in [0.15, 0.2) is 0 Å². The molecule has 0 radical (unpaired) electrons. The number of hydrogen-bond acceptors (Lipinski definition) is 6. The third-order valence-electron chi connectivity index (χ3n) is 3.30. The van der Waals surface area contributed by atoms with Crippen LogP contribution in [0.2, 0.25) is 0 Å². The molecule has 3 atom stereocenters. The molecule has 1 fully saturated rings. The fourth-order valence-electron chi connectivity index (χ4n) is 2.17. The second-order valence-electron chi connectivity index (χ2n) is 4.65. The van der Waals surface area contributed by atoms with Crippen LogP contribution in [0.5, 0.6) is 0 Å². The fraction of sp³-hybridized carbons (Fsp3) is 0.500. The van der Waals surface area contributed by atoms with Crippen molar-refractivity contribution in [3.05, 3.63) is 23.8 Å². The summed E-state index contributed by atoms with van der Waals surface area (Å²) in [4.78, 5) is 1.93. The molecule has 18 heavy (non-hydrogen) atoms. The molecule has 6 heteroatoms. The highest BCUT2D eigenvalue weighted by molar-refractivity contribution is 5.60. The van der Waals surface area contributed by atoms with Gasteiger partial charge < -0.3 is 31.7 Å². The molecule has 6 nitrogen and oxygen atoms in total. The standard InChI is InChI=1S/C12H19N3O3/c13-9-2-1-7(3-8(9)12(18)6-16)15-4-10(14)11(17)5-15/h1-3,10-12,16-18H,4-6,13-14H2. The molecule has 7 N–H and O–H groups in total. The van der Waals surface area contributed by atoms with Crippen molar-refractivity contribution in [3.8, 4) is 0 Å². The number of nitrogens with two attached hydrogens (primary N) is 2. The maximum Gasteiger partial charge on any atom is 0.104 e. The Labute approximate surface area is 105 Å². The van der Waals surface area contributed by atoms with Crippen molar-refractivity contribution in [1.82, 2.24) is 0 Å². The second-order valence-corrected chi connectivity index (χ2v) is 4.65. The van der Waals surface area contributed by atoms with Gasteiger partial charge in [0.1, 0.15) is 6.10 Å². The molecule has 0 spiro atoms. The summed E-state index contributed by atoms with van der Waals surface area (Å²) in [5, 5.41) is 28.3. The zero-order valence-corrected chi connectivity index (χ0v) is 10.0. The molecule has 0 bridgehead atoms. The van der Waals surface area contributed by atoms with E-state index in [0.29, 0.717) is 24.3 Å². The second kappa shape index (κ2) is 5.11. The van der Waals surface area contributed by atoms with Gasteiger partial charge in [-0.3, -0.25) is 0 Å². The van der Waals surface area contributed by atoms with Gasteiger partial charge in [0, 0.05) is 36.1 Å². The van der Waals surface area contributed by atoms with E-state index in [9.17, 15) is 10.2 Å². The monoisotopic (exact) mass is 253 g/mol. The highest BCUT2D eigenvalue weighted by atomic mass is 16.3. The van der Waals surface area contributed by atoms with E-state index in [2.05, 4.69) is 0 Å². The van der Waals surface area contributed by atoms with Gasteiger partial charge in [-0.05, 0) is 18.2 Å². The van der Waals surface area contributed by atoms with E-state index >= 15 is 0 Å². The molecule has 1 aromatic rings. The van der Waals surface area contributed by atoms with Crippen LogP contribution in [0.4, 0.5) is 11.4 Å². The Balaban J connectivity index is 2.25. The van der Waals surface area contributed by atoms with Gasteiger partial charge in [0.05, 0.1) is 12.7 Å². The Morgan fingerprint density at radius 3 is 2.67 bits per heavy atom. The molecule has 0 aromatic heterocycles. The quantitative estimate of drug-likeness (QED) is 0.432. The first-order chi connectivity index (χ1) is 8.52. The van der Waals surface area contributed by atoms with Crippen LogP contribution in [0, 0.1) is 0 Å². The Kier molecular flexibility index (Phi) is 3.72. The van der Waals surface area contributed by atoms with Crippen molar-refractivity contribution in [2.45, 2.75) is 18.2 Å². The van der Waals surface area contributed by atoms with Crippen LogP contribution in [0.25, 0.3) is 0 Å². The minimum Gasteiger partial charge on any atom is -0.398 e. The number of rotatable bonds is 3. The molecular formula is C12H19N3O3. The largest absolute Gasteiger partial charge is 0.398 e. The lowest BCUT2D eigenvalue weighted by atomic mass is 10.1. The highest BCUT2D eigenvalue weighted by Crippen LogP contribution is 2.28. The topological polar surface area (TPSA) is 116 Å². The smallest absolute Gasteiger partial charge is 0.104 e. The normalized spacial score (nSPS) is 25.4. The zero-order valence-electron chi connectivity index (χ0n) is 10.0. The van der Waals surface area contributed by atoms with Crippen LogP contribution >= 0.6 is 0 Å². The molecule has 3 unspecified atom stereocenters. The maximum atomic E-state index is 9.66. The summed E-state index contributed by atoms with van der Waals surface area (Å²) in [6, 6.07) is 4.95. The maximum absolute atomic E-state index is 9.66. The number of nitrogen functional groups attached to an aromatic ring is 1. The molecule has 1 saturated heterocycles. The lowest BCUT2D eigenvalue weighted by Crippen LogP contribution is -2.32. The molecule has 0 saturated carbocycles. The van der Waals surface area contributed by atoms with E-state index in [1.807, 2.05) is 11.0 Å². The Bertz CT molecular complexity index is 417. The summed E-state index contributed by atoms with van der Waals surface area (Å²) in [5.41, 5.74) is 13.3. The van der Waals surface area contributed by atoms with Crippen LogP contribution in [-0.2, 0) is 0 Å². The van der Waals surface area contributed by atoms with Gasteiger partial charge in [0.2, 0.25) is 0 Å². The Morgan fingerprint density at radius 1 is 1.39 bits per heavy atom. The molecule has 1 heterocycles. The van der Waals surface area contributed by atoms with E-state index < -0.39 is 12.2 Å². The van der Waals surface area contributed by atoms with Crippen LogP contribution in [0.15, 0.2) is 18.2 Å². The molecule has 100 valence electrons. The zero-order chi connectivity index (χ0) is 13.3. The van der Waals surface area contributed by atoms with E-state index in [1.54, 1.807) is 12.1 Å². The van der Waals surface area contributed by atoms with E-state index in [0.717, 1.165) is 5.69 Å². The predicted molar refractivity (Wildman–Crippen MR) is 69.1 cm³/mol. The predicted octanol–water partition coefficient (Wildman–Crippen LogP) is -1.20. The molecular weight excluding hydrogens is 234 g/mol. The summed E-state index contributed by atoms with van der Waals surface area (Å²) >= 11 is 0. The number of β-amino-alcohol motifs (C(OH)–C–C–N with tert-alkyl or cyclic N) is 1. The first kappa shape index (κ1) is 13.1. The molecule has 0 aliphatic carbocycles. The Morgan fingerprint density at radius 2 is 2.11 bits per heavy atom. The number of hydrogen-bond donors (Lipinski definition) is 5. The van der Waals surface area contributed by atoms with Crippen molar-refractivity contribution in [2.24, 2.45) is 5.73 Å². The van der Waals surface area contributed by atoms with Crippen molar-refractivity contribution in [3.63, 3.8) is 0 Å². The van der Waals surface area contributed by atoms with Gasteiger partial charge in [-0.1, -0.05) is 0 Å². The summed E-state index contributed by atoms with van der Waals surface area (Å²) in [6.45, 7) is 0.634. The number of benzene rings is 1. The van der Waals surface area contributed by atoms with Crippen LogP contribution in [0.1, 0.15) is 11.7 Å².